The summed E-state index contributed by atoms with van der Waals surface area (Å²) in [4.78, 5) is 26.5. The number of aryl methyl sites for hydroxylation is 1. The summed E-state index contributed by atoms with van der Waals surface area (Å²) in [6.07, 6.45) is 0. The van der Waals surface area contributed by atoms with Crippen molar-refractivity contribution in [2.75, 3.05) is 19.6 Å². The zero-order valence-electron chi connectivity index (χ0n) is 16.5. The van der Waals surface area contributed by atoms with Gasteiger partial charge in [-0.1, -0.05) is 48.0 Å². The van der Waals surface area contributed by atoms with Gasteiger partial charge < -0.3 is 10.2 Å². The number of nitrogens with zero attached hydrogens (tertiary/aromatic N) is 2. The molecular formula is C21H25N3O4S. The fourth-order valence-corrected chi connectivity index (χ4v) is 4.78. The fraction of sp³-hybridized carbons (Fsp3) is 0.333. The molecule has 1 aliphatic rings. The summed E-state index contributed by atoms with van der Waals surface area (Å²) < 4.78 is 27.3. The lowest BCUT2D eigenvalue weighted by Gasteiger charge is -2.39. The Bertz CT molecular complexity index is 975. The van der Waals surface area contributed by atoms with E-state index in [-0.39, 0.29) is 36.3 Å². The summed E-state index contributed by atoms with van der Waals surface area (Å²) in [5.41, 5.74) is 1.89. The van der Waals surface area contributed by atoms with Gasteiger partial charge in [-0.15, -0.1) is 0 Å². The van der Waals surface area contributed by atoms with Crippen molar-refractivity contribution >= 4 is 21.8 Å². The van der Waals surface area contributed by atoms with Crippen molar-refractivity contribution in [3.8, 4) is 0 Å². The van der Waals surface area contributed by atoms with Crippen molar-refractivity contribution in [2.45, 2.75) is 31.3 Å². The molecule has 1 atom stereocenters. The van der Waals surface area contributed by atoms with E-state index in [0.717, 1.165) is 11.1 Å². The third kappa shape index (κ3) is 4.83. The van der Waals surface area contributed by atoms with Crippen molar-refractivity contribution < 1.29 is 18.0 Å². The first-order valence-corrected chi connectivity index (χ1v) is 10.9. The molecule has 0 aliphatic carbocycles. The molecule has 154 valence electrons. The van der Waals surface area contributed by atoms with Gasteiger partial charge in [0, 0.05) is 33.1 Å². The Kier molecular flexibility index (Phi) is 6.34. The number of nitrogens with one attached hydrogen (secondary N) is 1. The van der Waals surface area contributed by atoms with E-state index in [1.807, 2.05) is 37.3 Å². The van der Waals surface area contributed by atoms with Crippen LogP contribution in [0.2, 0.25) is 0 Å². The molecule has 2 aromatic rings. The summed E-state index contributed by atoms with van der Waals surface area (Å²) in [6, 6.07) is 15.1. The Morgan fingerprint density at radius 1 is 1.03 bits per heavy atom. The summed E-state index contributed by atoms with van der Waals surface area (Å²) in [7, 11) is -3.75. The summed E-state index contributed by atoms with van der Waals surface area (Å²) in [5.74, 6) is -0.620. The standard InChI is InChI=1S/C21H25N3O4S/c1-16-8-10-19(11-9-16)29(27,28)23-12-13-24(17(2)25)20(15-23)21(26)22-14-18-6-4-3-5-7-18/h3-11,20H,12-15H2,1-2H3,(H,22,26). The van der Waals surface area contributed by atoms with E-state index in [2.05, 4.69) is 5.32 Å². The third-order valence-electron chi connectivity index (χ3n) is 5.02. The maximum Gasteiger partial charge on any atom is 0.244 e. The molecule has 1 unspecified atom stereocenters. The van der Waals surface area contributed by atoms with E-state index >= 15 is 0 Å². The van der Waals surface area contributed by atoms with Gasteiger partial charge in [0.1, 0.15) is 6.04 Å². The molecule has 0 aromatic heterocycles. The number of carbonyl (C=O) groups excluding carboxylic acids is 2. The SMILES string of the molecule is CC(=O)N1CCN(S(=O)(=O)c2ccc(C)cc2)CC1C(=O)NCc1ccccc1. The highest BCUT2D eigenvalue weighted by molar-refractivity contribution is 7.89. The lowest BCUT2D eigenvalue weighted by Crippen LogP contribution is -2.61. The van der Waals surface area contributed by atoms with Crippen LogP contribution < -0.4 is 5.32 Å². The lowest BCUT2D eigenvalue weighted by atomic mass is 10.1. The molecule has 1 aliphatic heterocycles. The van der Waals surface area contributed by atoms with Crippen LogP contribution in [-0.4, -0.2) is 55.1 Å². The van der Waals surface area contributed by atoms with Crippen LogP contribution in [0.1, 0.15) is 18.1 Å². The van der Waals surface area contributed by atoms with Gasteiger partial charge in [0.15, 0.2) is 0 Å². The van der Waals surface area contributed by atoms with Crippen molar-refractivity contribution in [1.82, 2.24) is 14.5 Å². The normalized spacial score (nSPS) is 17.7. The number of hydrogen-bond acceptors (Lipinski definition) is 4. The topological polar surface area (TPSA) is 86.8 Å². The zero-order valence-corrected chi connectivity index (χ0v) is 17.4. The van der Waals surface area contributed by atoms with Gasteiger partial charge in [-0.25, -0.2) is 8.42 Å². The highest BCUT2D eigenvalue weighted by atomic mass is 32.2. The first kappa shape index (κ1) is 21.0. The summed E-state index contributed by atoms with van der Waals surface area (Å²) >= 11 is 0. The molecule has 2 amide bonds. The van der Waals surface area contributed by atoms with Crippen molar-refractivity contribution in [2.24, 2.45) is 0 Å². The Balaban J connectivity index is 1.77. The predicted octanol–water partition coefficient (Wildman–Crippen LogP) is 1.53. The van der Waals surface area contributed by atoms with Crippen molar-refractivity contribution in [3.05, 3.63) is 65.7 Å². The molecule has 1 fully saturated rings. The van der Waals surface area contributed by atoms with Crippen molar-refractivity contribution in [1.29, 1.82) is 0 Å². The number of amides is 2. The Morgan fingerprint density at radius 2 is 1.69 bits per heavy atom. The third-order valence-corrected chi connectivity index (χ3v) is 6.90. The Morgan fingerprint density at radius 3 is 2.31 bits per heavy atom. The molecule has 0 bridgehead atoms. The largest absolute Gasteiger partial charge is 0.350 e. The van der Waals surface area contributed by atoms with E-state index in [4.69, 9.17) is 0 Å². The summed E-state index contributed by atoms with van der Waals surface area (Å²) in [5, 5.41) is 2.82. The van der Waals surface area contributed by atoms with E-state index in [1.54, 1.807) is 24.3 Å². The first-order chi connectivity index (χ1) is 13.8. The van der Waals surface area contributed by atoms with Gasteiger partial charge in [0.2, 0.25) is 21.8 Å². The molecule has 7 nitrogen and oxygen atoms in total. The molecule has 1 heterocycles. The second-order valence-electron chi connectivity index (χ2n) is 7.11. The first-order valence-electron chi connectivity index (χ1n) is 9.44. The van der Waals surface area contributed by atoms with E-state index < -0.39 is 16.1 Å². The molecule has 29 heavy (non-hydrogen) atoms. The minimum atomic E-state index is -3.75. The van der Waals surface area contributed by atoms with Gasteiger partial charge in [-0.2, -0.15) is 4.31 Å². The van der Waals surface area contributed by atoms with Gasteiger partial charge in [0.25, 0.3) is 0 Å². The zero-order chi connectivity index (χ0) is 21.0. The molecule has 1 saturated heterocycles. The van der Waals surface area contributed by atoms with Crippen LogP contribution >= 0.6 is 0 Å². The minimum absolute atomic E-state index is 0.0730. The predicted molar refractivity (Wildman–Crippen MR) is 109 cm³/mol. The van der Waals surface area contributed by atoms with Gasteiger partial charge in [-0.3, -0.25) is 9.59 Å². The quantitative estimate of drug-likeness (QED) is 0.802. The number of rotatable bonds is 5. The fourth-order valence-electron chi connectivity index (χ4n) is 3.34. The van der Waals surface area contributed by atoms with Gasteiger partial charge in [-0.05, 0) is 24.6 Å². The van der Waals surface area contributed by atoms with Crippen LogP contribution in [-0.2, 0) is 26.2 Å². The van der Waals surface area contributed by atoms with Crippen LogP contribution in [0.4, 0.5) is 0 Å². The van der Waals surface area contributed by atoms with Gasteiger partial charge >= 0.3 is 0 Å². The monoisotopic (exact) mass is 415 g/mol. The number of benzene rings is 2. The minimum Gasteiger partial charge on any atom is -0.350 e. The van der Waals surface area contributed by atoms with E-state index in [9.17, 15) is 18.0 Å². The van der Waals surface area contributed by atoms with Crippen LogP contribution in [0.3, 0.4) is 0 Å². The highest BCUT2D eigenvalue weighted by Crippen LogP contribution is 2.21. The smallest absolute Gasteiger partial charge is 0.244 e. The maximum absolute atomic E-state index is 13.0. The molecular weight excluding hydrogens is 390 g/mol. The van der Waals surface area contributed by atoms with E-state index in [0.29, 0.717) is 6.54 Å². The number of sulfonamides is 1. The van der Waals surface area contributed by atoms with Crippen LogP contribution in [0.25, 0.3) is 0 Å². The number of carbonyl (C=O) groups is 2. The second kappa shape index (κ2) is 8.75. The molecule has 1 N–H and O–H groups in total. The molecule has 0 spiro atoms. The number of hydrogen-bond donors (Lipinski definition) is 1. The van der Waals surface area contributed by atoms with Crippen LogP contribution in [0.15, 0.2) is 59.5 Å². The van der Waals surface area contributed by atoms with E-state index in [1.165, 1.54) is 16.1 Å². The van der Waals surface area contributed by atoms with Crippen molar-refractivity contribution in [3.63, 3.8) is 0 Å². The molecule has 8 heteroatoms. The van der Waals surface area contributed by atoms with Gasteiger partial charge in [0.05, 0.1) is 4.90 Å². The Labute approximate surface area is 171 Å². The lowest BCUT2D eigenvalue weighted by molar-refractivity contribution is -0.141. The molecule has 0 saturated carbocycles. The molecule has 3 rings (SSSR count). The molecule has 0 radical (unpaired) electrons. The Hall–Kier alpha value is -2.71. The summed E-state index contributed by atoms with van der Waals surface area (Å²) in [6.45, 7) is 3.84. The highest BCUT2D eigenvalue weighted by Gasteiger charge is 2.38. The second-order valence-corrected chi connectivity index (χ2v) is 9.05. The van der Waals surface area contributed by atoms with Crippen LogP contribution in [0.5, 0.6) is 0 Å². The number of piperazine rings is 1. The average Bonchev–Trinajstić information content (AvgIpc) is 2.72. The maximum atomic E-state index is 13.0. The van der Waals surface area contributed by atoms with Crippen LogP contribution in [0, 0.1) is 6.92 Å². The average molecular weight is 416 g/mol. The molecule has 2 aromatic carbocycles.